The van der Waals surface area contributed by atoms with Crippen LogP contribution in [0.5, 0.6) is 0 Å². The third kappa shape index (κ3) is 3.25. The Kier molecular flexibility index (Phi) is 4.26. The van der Waals surface area contributed by atoms with Crippen molar-refractivity contribution in [3.8, 4) is 0 Å². The Morgan fingerprint density at radius 1 is 1.33 bits per heavy atom. The van der Waals surface area contributed by atoms with Gasteiger partial charge in [-0.25, -0.2) is 4.40 Å². The molecule has 8 nitrogen and oxygen atoms in total. The van der Waals surface area contributed by atoms with Crippen LogP contribution in [-0.4, -0.2) is 31.2 Å². The van der Waals surface area contributed by atoms with Gasteiger partial charge in [0.05, 0.1) is 5.75 Å². The molecule has 0 aliphatic carbocycles. The Morgan fingerprint density at radius 2 is 2.12 bits per heavy atom. The first-order chi connectivity index (χ1) is 11.4. The number of carbonyl (C=O) groups excluding carboxylic acids is 1. The molecule has 0 fully saturated rings. The quantitative estimate of drug-likeness (QED) is 0.615. The van der Waals surface area contributed by atoms with E-state index in [1.807, 2.05) is 32.0 Å². The van der Waals surface area contributed by atoms with E-state index >= 15 is 0 Å². The van der Waals surface area contributed by atoms with Crippen molar-refractivity contribution in [2.45, 2.75) is 19.0 Å². The molecule has 0 saturated carbocycles. The number of amides is 1. The highest BCUT2D eigenvalue weighted by Gasteiger charge is 2.13. The summed E-state index contributed by atoms with van der Waals surface area (Å²) < 4.78 is 1.50. The van der Waals surface area contributed by atoms with Crippen LogP contribution in [0.25, 0.3) is 5.78 Å². The Hall–Kier alpha value is -2.81. The van der Waals surface area contributed by atoms with Gasteiger partial charge in [-0.3, -0.25) is 14.6 Å². The van der Waals surface area contributed by atoms with Gasteiger partial charge in [-0.1, -0.05) is 23.9 Å². The van der Waals surface area contributed by atoms with Crippen LogP contribution >= 0.6 is 11.8 Å². The fourth-order valence-corrected chi connectivity index (χ4v) is 2.96. The van der Waals surface area contributed by atoms with Gasteiger partial charge in [-0.2, -0.15) is 0 Å². The molecule has 2 aromatic heterocycles. The average molecular weight is 344 g/mol. The molecule has 0 aliphatic rings. The molecule has 0 unspecified atom stereocenters. The van der Waals surface area contributed by atoms with Crippen LogP contribution in [0.15, 0.2) is 34.2 Å². The number of H-pyrrole nitrogens is 1. The monoisotopic (exact) mass is 344 g/mol. The number of benzene rings is 1. The smallest absolute Gasteiger partial charge is 0.254 e. The van der Waals surface area contributed by atoms with Crippen molar-refractivity contribution < 1.29 is 4.79 Å². The molecule has 9 heteroatoms. The van der Waals surface area contributed by atoms with E-state index in [9.17, 15) is 9.59 Å². The molecular formula is C15H16N6O2S. The van der Waals surface area contributed by atoms with Crippen molar-refractivity contribution in [1.29, 1.82) is 0 Å². The number of thioether (sulfide) groups is 1. The third-order valence-electron chi connectivity index (χ3n) is 3.41. The number of nitrogens with zero attached hydrogens (tertiary/aromatic N) is 3. The molecule has 1 amide bonds. The molecular weight excluding hydrogens is 328 g/mol. The molecule has 0 spiro atoms. The molecule has 0 radical (unpaired) electrons. The molecule has 0 atom stereocenters. The maximum atomic E-state index is 12.2. The first-order valence-corrected chi connectivity index (χ1v) is 8.16. The normalized spacial score (nSPS) is 10.9. The molecule has 2 heterocycles. The number of fused-ring (bicyclic) bond motifs is 1. The number of hydrogen-bond donors (Lipinski definition) is 3. The molecule has 0 aliphatic heterocycles. The van der Waals surface area contributed by atoms with Gasteiger partial charge in [0.1, 0.15) is 5.82 Å². The zero-order chi connectivity index (χ0) is 17.3. The van der Waals surface area contributed by atoms with Gasteiger partial charge >= 0.3 is 0 Å². The standard InChI is InChI=1S/C15H16N6O2S/c1-8-3-4-9(2)10(5-8)17-13(23)7-24-15-20-19-14-18-12(22)6-11(16)21(14)15/h3-6H,7,16H2,1-2H3,(H,17,23)(H,18,19,22). The van der Waals surface area contributed by atoms with E-state index < -0.39 is 0 Å². The minimum atomic E-state index is -0.350. The van der Waals surface area contributed by atoms with Crippen molar-refractivity contribution in [2.24, 2.45) is 0 Å². The van der Waals surface area contributed by atoms with Gasteiger partial charge in [0.15, 0.2) is 5.16 Å². The second-order valence-electron chi connectivity index (χ2n) is 5.36. The number of anilines is 2. The van der Waals surface area contributed by atoms with Gasteiger partial charge in [-0.15, -0.1) is 10.2 Å². The van der Waals surface area contributed by atoms with Crippen molar-refractivity contribution in [3.05, 3.63) is 45.7 Å². The van der Waals surface area contributed by atoms with Gasteiger partial charge in [-0.05, 0) is 31.0 Å². The molecule has 24 heavy (non-hydrogen) atoms. The van der Waals surface area contributed by atoms with Gasteiger partial charge in [0, 0.05) is 11.8 Å². The lowest BCUT2D eigenvalue weighted by Crippen LogP contribution is -2.15. The number of nitrogen functional groups attached to an aromatic ring is 1. The number of nitrogens with one attached hydrogen (secondary N) is 2. The van der Waals surface area contributed by atoms with Crippen LogP contribution in [0, 0.1) is 13.8 Å². The van der Waals surface area contributed by atoms with Crippen LogP contribution in [0.1, 0.15) is 11.1 Å². The molecule has 3 rings (SSSR count). The van der Waals surface area contributed by atoms with Gasteiger partial charge in [0.2, 0.25) is 11.7 Å². The van der Waals surface area contributed by atoms with E-state index in [1.54, 1.807) is 0 Å². The van der Waals surface area contributed by atoms with E-state index in [0.29, 0.717) is 5.16 Å². The maximum absolute atomic E-state index is 12.2. The van der Waals surface area contributed by atoms with Crippen LogP contribution < -0.4 is 16.6 Å². The fraction of sp³-hybridized carbons (Fsp3) is 0.200. The zero-order valence-corrected chi connectivity index (χ0v) is 14.0. The summed E-state index contributed by atoms with van der Waals surface area (Å²) in [5.41, 5.74) is 8.32. The third-order valence-corrected chi connectivity index (χ3v) is 4.33. The van der Waals surface area contributed by atoms with E-state index in [4.69, 9.17) is 5.73 Å². The van der Waals surface area contributed by atoms with Crippen molar-refractivity contribution in [1.82, 2.24) is 19.6 Å². The summed E-state index contributed by atoms with van der Waals surface area (Å²) in [6.45, 7) is 3.90. The lowest BCUT2D eigenvalue weighted by Gasteiger charge is -2.09. The molecule has 124 valence electrons. The van der Waals surface area contributed by atoms with E-state index in [0.717, 1.165) is 16.8 Å². The highest BCUT2D eigenvalue weighted by Crippen LogP contribution is 2.20. The van der Waals surface area contributed by atoms with Crippen LogP contribution in [-0.2, 0) is 4.79 Å². The minimum absolute atomic E-state index is 0.146. The molecule has 3 aromatic rings. The molecule has 0 bridgehead atoms. The Bertz CT molecular complexity index is 978. The van der Waals surface area contributed by atoms with E-state index in [1.165, 1.54) is 22.2 Å². The topological polar surface area (TPSA) is 118 Å². The SMILES string of the molecule is Cc1ccc(C)c(NC(=O)CSc2nnc3[nH]c(=O)cc(N)n23)c1. The predicted octanol–water partition coefficient (Wildman–Crippen LogP) is 1.35. The highest BCUT2D eigenvalue weighted by molar-refractivity contribution is 7.99. The van der Waals surface area contributed by atoms with Crippen molar-refractivity contribution in [2.75, 3.05) is 16.8 Å². The number of rotatable bonds is 4. The van der Waals surface area contributed by atoms with Crippen LogP contribution in [0.2, 0.25) is 0 Å². The second-order valence-corrected chi connectivity index (χ2v) is 6.30. The molecule has 4 N–H and O–H groups in total. The summed E-state index contributed by atoms with van der Waals surface area (Å²) >= 11 is 1.19. The minimum Gasteiger partial charge on any atom is -0.385 e. The lowest BCUT2D eigenvalue weighted by atomic mass is 10.1. The number of hydrogen-bond acceptors (Lipinski definition) is 6. The molecule has 1 aromatic carbocycles. The predicted molar refractivity (Wildman–Crippen MR) is 93.3 cm³/mol. The Balaban J connectivity index is 1.73. The summed E-state index contributed by atoms with van der Waals surface area (Å²) in [5.74, 6) is 0.453. The number of aromatic amines is 1. The highest BCUT2D eigenvalue weighted by atomic mass is 32.2. The Labute approximate surface area is 141 Å². The number of aryl methyl sites for hydroxylation is 2. The first kappa shape index (κ1) is 16.1. The summed E-state index contributed by atoms with van der Waals surface area (Å²) in [4.78, 5) is 26.1. The van der Waals surface area contributed by atoms with Gasteiger partial charge < -0.3 is 11.1 Å². The van der Waals surface area contributed by atoms with Gasteiger partial charge in [0.25, 0.3) is 5.56 Å². The van der Waals surface area contributed by atoms with Crippen LogP contribution in [0.4, 0.5) is 11.5 Å². The van der Waals surface area contributed by atoms with Crippen LogP contribution in [0.3, 0.4) is 0 Å². The van der Waals surface area contributed by atoms with Crippen molar-refractivity contribution >= 4 is 35.0 Å². The number of aromatic nitrogens is 4. The maximum Gasteiger partial charge on any atom is 0.254 e. The molecule has 0 saturated heterocycles. The summed E-state index contributed by atoms with van der Waals surface area (Å²) in [5, 5.41) is 11.1. The number of carbonyl (C=O) groups is 1. The summed E-state index contributed by atoms with van der Waals surface area (Å²) in [7, 11) is 0. The lowest BCUT2D eigenvalue weighted by molar-refractivity contribution is -0.113. The number of nitrogens with two attached hydrogens (primary N) is 1. The van der Waals surface area contributed by atoms with E-state index in [-0.39, 0.29) is 28.8 Å². The average Bonchev–Trinajstić information content (AvgIpc) is 2.92. The van der Waals surface area contributed by atoms with Crippen molar-refractivity contribution in [3.63, 3.8) is 0 Å². The summed E-state index contributed by atoms with van der Waals surface area (Å²) in [6, 6.07) is 7.12. The largest absolute Gasteiger partial charge is 0.385 e. The first-order valence-electron chi connectivity index (χ1n) is 7.18. The zero-order valence-electron chi connectivity index (χ0n) is 13.2. The van der Waals surface area contributed by atoms with E-state index in [2.05, 4.69) is 20.5 Å². The summed E-state index contributed by atoms with van der Waals surface area (Å²) in [6.07, 6.45) is 0. The Morgan fingerprint density at radius 3 is 2.92 bits per heavy atom. The fourth-order valence-electron chi connectivity index (χ4n) is 2.21. The second kappa shape index (κ2) is 6.36.